The van der Waals surface area contributed by atoms with Crippen LogP contribution in [0.15, 0.2) is 29.3 Å². The molecular weight excluding hydrogens is 1420 g/mol. The van der Waals surface area contributed by atoms with Crippen molar-refractivity contribution in [2.24, 2.45) is 39.8 Å². The lowest BCUT2D eigenvalue weighted by atomic mass is 10.0. The highest BCUT2D eigenvalue weighted by Crippen LogP contribution is 2.26. The van der Waals surface area contributed by atoms with Gasteiger partial charge in [0.05, 0.1) is 6.61 Å². The second-order valence-corrected chi connectivity index (χ2v) is 30.8. The molecule has 37 heteroatoms. The standard InChI is InChI=1S/C68H111FN18O15S3/c1-9-10-16-47-66(101)86-29-14-19-52(86)64(99)75-39(6)56(91)84-50(35-88)63(98)83-49(34-41-21-23-42(69)24-22-41)62(97)85-51(55(71)90)36-105-104-32-26-46(79-59(94)45(25-31-103-8)80-65(100)53-20-15-30-87(53)67(102)54(38(4)5)76-40(7)89)60(95)82-48(33-37(2)3)61(96)78-44(18-13-28-74-68(72)73)57(92)77-43(58(93)81-47)17-11-12-27-70/h21-24,37-39,43-54,88H,9-20,25-36,70H2,1-8H3,(H2,71,90)(H,75,99)(H,76,89)(H,77,92)(H,78,96)(H,79,94)(H,80,100)(H,81,93)(H,82,95)(H,83,98)(H,84,91)(H,85,97)(H4,72,73,74)/t39-,43-,44-,45-,46-,47?,48-,49-,50-,51-,52-,53-,54-/m0/s1. The molecule has 105 heavy (non-hydrogen) atoms. The number of hydrogen-bond acceptors (Lipinski definition) is 20. The first-order valence-electron chi connectivity index (χ1n) is 35.9. The van der Waals surface area contributed by atoms with E-state index in [9.17, 15) is 71.8 Å². The quantitative estimate of drug-likeness (QED) is 0.0193. The number of carbonyl (C=O) groups is 14. The molecule has 0 spiro atoms. The first-order valence-corrected chi connectivity index (χ1v) is 39.8. The van der Waals surface area contributed by atoms with Gasteiger partial charge in [0, 0.05) is 44.5 Å². The summed E-state index contributed by atoms with van der Waals surface area (Å²) < 4.78 is 14.1. The van der Waals surface area contributed by atoms with Crippen molar-refractivity contribution in [3.05, 3.63) is 35.6 Å². The first-order chi connectivity index (χ1) is 49.8. The maximum atomic E-state index is 15.0. The molecule has 3 fully saturated rings. The first kappa shape index (κ1) is 89.4. The van der Waals surface area contributed by atoms with E-state index in [1.807, 2.05) is 6.92 Å². The number of rotatable bonds is 27. The molecule has 13 atom stereocenters. The van der Waals surface area contributed by atoms with Gasteiger partial charge in [-0.1, -0.05) is 81.2 Å². The van der Waals surface area contributed by atoms with E-state index in [2.05, 4.69) is 63.5 Å². The zero-order valence-electron chi connectivity index (χ0n) is 61.4. The number of nitrogens with one attached hydrogen (secondary N) is 11. The monoisotopic (exact) mass is 1530 g/mol. The average Bonchev–Trinajstić information content (AvgIpc) is 1.75. The molecule has 0 saturated carbocycles. The number of aliphatic hydroxyl groups excluding tert-OH is 1. The topological polar surface area (TPSA) is 514 Å². The Hall–Kier alpha value is -8.03. The van der Waals surface area contributed by atoms with Gasteiger partial charge in [-0.25, -0.2) is 4.39 Å². The van der Waals surface area contributed by atoms with E-state index in [0.29, 0.717) is 49.8 Å². The summed E-state index contributed by atoms with van der Waals surface area (Å²) in [6.07, 6.45) is 4.31. The number of guanidine groups is 1. The van der Waals surface area contributed by atoms with Crippen LogP contribution in [-0.4, -0.2) is 238 Å². The summed E-state index contributed by atoms with van der Waals surface area (Å²) in [4.78, 5) is 205. The summed E-state index contributed by atoms with van der Waals surface area (Å²) in [6, 6.07) is -12.6. The molecule has 1 unspecified atom stereocenters. The fourth-order valence-corrected chi connectivity index (χ4v) is 14.8. The Morgan fingerprint density at radius 1 is 0.695 bits per heavy atom. The van der Waals surface area contributed by atoms with E-state index in [0.717, 1.165) is 33.7 Å². The Balaban J connectivity index is 1.84. The molecule has 0 radical (unpaired) electrons. The number of amides is 14. The van der Waals surface area contributed by atoms with Crippen LogP contribution in [-0.2, 0) is 73.5 Å². The van der Waals surface area contributed by atoms with Gasteiger partial charge in [-0.2, -0.15) is 11.8 Å². The second kappa shape index (κ2) is 46.1. The maximum Gasteiger partial charge on any atom is 0.246 e. The van der Waals surface area contributed by atoms with Crippen LogP contribution in [0.1, 0.15) is 150 Å². The largest absolute Gasteiger partial charge is 0.394 e. The molecule has 14 amide bonds. The van der Waals surface area contributed by atoms with E-state index in [1.165, 1.54) is 47.5 Å². The Kier molecular flexibility index (Phi) is 39.3. The summed E-state index contributed by atoms with van der Waals surface area (Å²) in [7, 11) is 2.08. The van der Waals surface area contributed by atoms with Crippen molar-refractivity contribution in [3.63, 3.8) is 0 Å². The molecule has 1 aromatic carbocycles. The van der Waals surface area contributed by atoms with E-state index in [1.54, 1.807) is 34.0 Å². The number of hydrogen-bond donors (Lipinski definition) is 16. The third-order valence-electron chi connectivity index (χ3n) is 17.8. The fourth-order valence-electron chi connectivity index (χ4n) is 12.0. The van der Waals surface area contributed by atoms with Crippen molar-refractivity contribution in [2.75, 3.05) is 56.3 Å². The van der Waals surface area contributed by atoms with Crippen LogP contribution in [0.4, 0.5) is 4.39 Å². The van der Waals surface area contributed by atoms with Crippen molar-refractivity contribution in [1.29, 1.82) is 0 Å². The molecule has 33 nitrogen and oxygen atoms in total. The molecule has 3 aliphatic rings. The number of nitrogens with two attached hydrogens (primary N) is 4. The third kappa shape index (κ3) is 30.0. The molecule has 3 heterocycles. The van der Waals surface area contributed by atoms with Crippen molar-refractivity contribution in [1.82, 2.24) is 68.3 Å². The van der Waals surface area contributed by atoms with Crippen molar-refractivity contribution in [2.45, 2.75) is 230 Å². The van der Waals surface area contributed by atoms with Crippen molar-refractivity contribution >= 4 is 122 Å². The predicted octanol–water partition coefficient (Wildman–Crippen LogP) is -2.19. The predicted molar refractivity (Wildman–Crippen MR) is 398 cm³/mol. The summed E-state index contributed by atoms with van der Waals surface area (Å²) in [5.74, 6) is -12.6. The van der Waals surface area contributed by atoms with Gasteiger partial charge in [-0.3, -0.25) is 72.1 Å². The Morgan fingerprint density at radius 3 is 1.89 bits per heavy atom. The molecule has 588 valence electrons. The van der Waals surface area contributed by atoms with E-state index in [4.69, 9.17) is 22.9 Å². The van der Waals surface area contributed by atoms with Gasteiger partial charge in [0.25, 0.3) is 0 Å². The number of carbonyl (C=O) groups excluding carboxylic acids is 14. The van der Waals surface area contributed by atoms with E-state index >= 15 is 4.79 Å². The molecule has 20 N–H and O–H groups in total. The van der Waals surface area contributed by atoms with Crippen LogP contribution in [0.5, 0.6) is 0 Å². The summed E-state index contributed by atoms with van der Waals surface area (Å²) in [5, 5.41) is 39.8. The highest BCUT2D eigenvalue weighted by molar-refractivity contribution is 8.76. The number of halogens is 1. The molecule has 3 aliphatic heterocycles. The molecule has 3 saturated heterocycles. The number of unbranched alkanes of at least 4 members (excludes halogenated alkanes) is 2. The van der Waals surface area contributed by atoms with E-state index in [-0.39, 0.29) is 120 Å². The lowest BCUT2D eigenvalue weighted by molar-refractivity contribution is -0.143. The van der Waals surface area contributed by atoms with Crippen LogP contribution < -0.4 is 81.4 Å². The van der Waals surface area contributed by atoms with Gasteiger partial charge in [-0.05, 0) is 138 Å². The van der Waals surface area contributed by atoms with Gasteiger partial charge in [-0.15, -0.1) is 0 Å². The zero-order chi connectivity index (χ0) is 78.0. The minimum Gasteiger partial charge on any atom is -0.394 e. The highest BCUT2D eigenvalue weighted by Gasteiger charge is 2.43. The lowest BCUT2D eigenvalue weighted by Crippen LogP contribution is -2.61. The van der Waals surface area contributed by atoms with Gasteiger partial charge >= 0.3 is 0 Å². The summed E-state index contributed by atoms with van der Waals surface area (Å²) in [6.45, 7) is 11.0. The molecule has 4 rings (SSSR count). The lowest BCUT2D eigenvalue weighted by Gasteiger charge is -2.31. The van der Waals surface area contributed by atoms with Gasteiger partial charge in [0.1, 0.15) is 84.4 Å². The Labute approximate surface area is 625 Å². The maximum absolute atomic E-state index is 15.0. The molecule has 1 aromatic rings. The zero-order valence-corrected chi connectivity index (χ0v) is 63.8. The molecular formula is C68H111FN18O15S3. The summed E-state index contributed by atoms with van der Waals surface area (Å²) in [5.41, 5.74) is 23.3. The third-order valence-corrected chi connectivity index (χ3v) is 20.9. The molecule has 0 bridgehead atoms. The second-order valence-electron chi connectivity index (χ2n) is 27.2. The number of nitrogens with zero attached hydrogens (tertiary/aromatic N) is 3. The fraction of sp³-hybridized carbons (Fsp3) is 0.691. The van der Waals surface area contributed by atoms with Crippen LogP contribution in [0, 0.1) is 17.7 Å². The molecule has 0 aliphatic carbocycles. The van der Waals surface area contributed by atoms with Gasteiger partial charge in [0.15, 0.2) is 5.96 Å². The summed E-state index contributed by atoms with van der Waals surface area (Å²) >= 11 is 1.36. The Bertz CT molecular complexity index is 3160. The number of aliphatic hydroxyl groups is 1. The number of aliphatic imine (C=N–C) groups is 1. The van der Waals surface area contributed by atoms with Crippen LogP contribution in [0.25, 0.3) is 0 Å². The van der Waals surface area contributed by atoms with Crippen LogP contribution in [0.2, 0.25) is 0 Å². The number of primary amides is 1. The van der Waals surface area contributed by atoms with Crippen molar-refractivity contribution < 1.29 is 76.6 Å². The normalized spacial score (nSPS) is 24.8. The minimum absolute atomic E-state index is 0.0000336. The minimum atomic E-state index is -1.75. The number of fused-ring (bicyclic) bond motifs is 1. The van der Waals surface area contributed by atoms with E-state index < -0.39 is 174 Å². The van der Waals surface area contributed by atoms with Gasteiger partial charge in [0.2, 0.25) is 82.7 Å². The highest BCUT2D eigenvalue weighted by atomic mass is 33.1. The van der Waals surface area contributed by atoms with Crippen LogP contribution in [0.3, 0.4) is 0 Å². The number of benzene rings is 1. The van der Waals surface area contributed by atoms with Crippen LogP contribution >= 0.6 is 33.3 Å². The Morgan fingerprint density at radius 2 is 1.29 bits per heavy atom. The van der Waals surface area contributed by atoms with Crippen molar-refractivity contribution in [3.8, 4) is 0 Å². The number of likely N-dealkylation sites (tertiary alicyclic amines) is 1. The average molecular weight is 1540 g/mol. The number of thioether (sulfide) groups is 1. The smallest absolute Gasteiger partial charge is 0.246 e. The van der Waals surface area contributed by atoms with Gasteiger partial charge < -0.3 is 96.3 Å². The molecule has 0 aromatic heterocycles. The SMILES string of the molecule is CCCCC1NC(=O)[C@H](CCCCN)NC(=O)[C@H](CCCN=C(N)N)NC(=O)[C@H](CC(C)C)NC(=O)[C@@H](NC(=O)[C@H](CCSC)NC(=O)[C@@H]2CCCN2C(=O)[C@@H](NC(C)=O)C(C)C)CCSSC[C@@H](C(N)=O)NC(=O)[C@H](Cc2ccc(F)cc2)NC(=O)[C@H](CO)NC(=O)[C@H](C)NC(=O)[C@@H]2CCCN2C1=O.